The van der Waals surface area contributed by atoms with Gasteiger partial charge >= 0.3 is 0 Å². The number of rotatable bonds is 9. The van der Waals surface area contributed by atoms with E-state index in [0.717, 1.165) is 30.0 Å². The Bertz CT molecular complexity index is 622. The van der Waals surface area contributed by atoms with Gasteiger partial charge in [-0.2, -0.15) is 0 Å². The molecule has 1 N–H and O–H groups in total. The van der Waals surface area contributed by atoms with E-state index in [9.17, 15) is 0 Å². The number of aryl methyl sites for hydroxylation is 1. The quantitative estimate of drug-likeness (QED) is 0.713. The third-order valence-corrected chi connectivity index (χ3v) is 4.09. The number of hydrogen-bond donors (Lipinski definition) is 1. The second-order valence-corrected chi connectivity index (χ2v) is 6.18. The molecule has 3 heteroatoms. The number of ether oxygens (including phenoxy) is 2. The van der Waals surface area contributed by atoms with Gasteiger partial charge in [0.1, 0.15) is 6.61 Å². The summed E-state index contributed by atoms with van der Waals surface area (Å²) in [6.07, 6.45) is 1.12. The second-order valence-electron chi connectivity index (χ2n) is 6.18. The first-order valence-corrected chi connectivity index (χ1v) is 8.79. The molecule has 0 saturated heterocycles. The van der Waals surface area contributed by atoms with E-state index in [0.29, 0.717) is 19.3 Å². The Morgan fingerprint density at radius 3 is 2.29 bits per heavy atom. The van der Waals surface area contributed by atoms with Gasteiger partial charge in [0.05, 0.1) is 6.61 Å². The van der Waals surface area contributed by atoms with Gasteiger partial charge in [0.2, 0.25) is 0 Å². The maximum absolute atomic E-state index is 5.97. The topological polar surface area (TPSA) is 30.5 Å². The van der Waals surface area contributed by atoms with Gasteiger partial charge in [-0.3, -0.25) is 0 Å². The molecule has 0 aliphatic carbocycles. The minimum absolute atomic E-state index is 0.512. The van der Waals surface area contributed by atoms with Gasteiger partial charge in [-0.05, 0) is 50.5 Å². The summed E-state index contributed by atoms with van der Waals surface area (Å²) in [5.74, 6) is 1.61. The molecule has 0 aliphatic heterocycles. The fourth-order valence-corrected chi connectivity index (χ4v) is 2.33. The average Bonchev–Trinajstić information content (AvgIpc) is 2.60. The van der Waals surface area contributed by atoms with Crippen LogP contribution in [0.15, 0.2) is 42.5 Å². The molecule has 3 nitrogen and oxygen atoms in total. The molecule has 0 heterocycles. The van der Waals surface area contributed by atoms with Crippen molar-refractivity contribution in [3.05, 3.63) is 59.2 Å². The highest BCUT2D eigenvalue weighted by atomic mass is 16.5. The summed E-state index contributed by atoms with van der Waals surface area (Å²) in [6.45, 7) is 10.5. The van der Waals surface area contributed by atoms with Gasteiger partial charge in [0.15, 0.2) is 11.5 Å². The van der Waals surface area contributed by atoms with Crippen LogP contribution < -0.4 is 14.8 Å². The van der Waals surface area contributed by atoms with Crippen LogP contribution in [0.25, 0.3) is 0 Å². The molecule has 2 aromatic carbocycles. The average molecular weight is 327 g/mol. The van der Waals surface area contributed by atoms with Crippen molar-refractivity contribution in [3.8, 4) is 11.5 Å². The molecule has 0 aliphatic rings. The minimum Gasteiger partial charge on any atom is -0.490 e. The number of hydrogen-bond acceptors (Lipinski definition) is 3. The monoisotopic (exact) mass is 327 g/mol. The number of benzene rings is 2. The van der Waals surface area contributed by atoms with Crippen molar-refractivity contribution >= 4 is 0 Å². The van der Waals surface area contributed by atoms with Crippen molar-refractivity contribution in [2.24, 2.45) is 0 Å². The first kappa shape index (κ1) is 18.3. The summed E-state index contributed by atoms with van der Waals surface area (Å²) in [4.78, 5) is 0. The Kier molecular flexibility index (Phi) is 7.13. The Morgan fingerprint density at radius 1 is 0.917 bits per heavy atom. The van der Waals surface area contributed by atoms with Crippen molar-refractivity contribution in [1.82, 2.24) is 5.32 Å². The molecule has 1 atom stereocenters. The molecular formula is C21H29NO2. The van der Waals surface area contributed by atoms with Crippen molar-refractivity contribution in [2.75, 3.05) is 6.61 Å². The second kappa shape index (κ2) is 9.33. The number of nitrogens with one attached hydrogen (secondary N) is 1. The fourth-order valence-electron chi connectivity index (χ4n) is 2.33. The first-order valence-electron chi connectivity index (χ1n) is 8.79. The summed E-state index contributed by atoms with van der Waals surface area (Å²) in [5.41, 5.74) is 3.62. The molecule has 2 rings (SSSR count). The van der Waals surface area contributed by atoms with E-state index in [1.807, 2.05) is 13.0 Å². The van der Waals surface area contributed by atoms with E-state index in [1.54, 1.807) is 0 Å². The van der Waals surface area contributed by atoms with Crippen molar-refractivity contribution in [3.63, 3.8) is 0 Å². The molecule has 1 unspecified atom stereocenters. The first-order chi connectivity index (χ1) is 11.6. The zero-order chi connectivity index (χ0) is 17.4. The maximum atomic E-state index is 5.97. The van der Waals surface area contributed by atoms with Gasteiger partial charge in [-0.15, -0.1) is 0 Å². The van der Waals surface area contributed by atoms with Crippen molar-refractivity contribution in [1.29, 1.82) is 0 Å². The molecule has 24 heavy (non-hydrogen) atoms. The standard InChI is InChI=1S/C21H29NO2/c1-5-17(4)22-14-19-11-12-20(21(13-19)23-6-2)24-15-18-9-7-16(3)8-10-18/h7-13,17,22H,5-6,14-15H2,1-4H3. The highest BCUT2D eigenvalue weighted by Crippen LogP contribution is 2.29. The Hall–Kier alpha value is -2.00. The molecular weight excluding hydrogens is 298 g/mol. The largest absolute Gasteiger partial charge is 0.490 e. The Labute approximate surface area is 146 Å². The van der Waals surface area contributed by atoms with Crippen LogP contribution in [-0.4, -0.2) is 12.6 Å². The lowest BCUT2D eigenvalue weighted by Crippen LogP contribution is -2.24. The van der Waals surface area contributed by atoms with Crippen LogP contribution in [0.5, 0.6) is 11.5 Å². The van der Waals surface area contributed by atoms with E-state index < -0.39 is 0 Å². The lowest BCUT2D eigenvalue weighted by Gasteiger charge is -2.15. The third kappa shape index (κ3) is 5.57. The van der Waals surface area contributed by atoms with Crippen LogP contribution in [0.3, 0.4) is 0 Å². The molecule has 0 saturated carbocycles. The van der Waals surface area contributed by atoms with Crippen LogP contribution in [0.2, 0.25) is 0 Å². The molecule has 0 bridgehead atoms. The molecule has 2 aromatic rings. The van der Waals surface area contributed by atoms with Gasteiger partial charge in [0, 0.05) is 12.6 Å². The zero-order valence-electron chi connectivity index (χ0n) is 15.3. The van der Waals surface area contributed by atoms with E-state index in [-0.39, 0.29) is 0 Å². The summed E-state index contributed by atoms with van der Waals surface area (Å²) < 4.78 is 11.7. The maximum Gasteiger partial charge on any atom is 0.161 e. The molecule has 0 fully saturated rings. The van der Waals surface area contributed by atoms with Crippen LogP contribution in [0.4, 0.5) is 0 Å². The Morgan fingerprint density at radius 2 is 1.62 bits per heavy atom. The third-order valence-electron chi connectivity index (χ3n) is 4.09. The molecule has 0 spiro atoms. The van der Waals surface area contributed by atoms with Gasteiger partial charge < -0.3 is 14.8 Å². The summed E-state index contributed by atoms with van der Waals surface area (Å²) in [6, 6.07) is 15.1. The fraction of sp³-hybridized carbons (Fsp3) is 0.429. The van der Waals surface area contributed by atoms with Crippen molar-refractivity contribution in [2.45, 2.75) is 53.3 Å². The van der Waals surface area contributed by atoms with Crippen LogP contribution in [0.1, 0.15) is 43.9 Å². The highest BCUT2D eigenvalue weighted by molar-refractivity contribution is 5.43. The van der Waals surface area contributed by atoms with E-state index in [1.165, 1.54) is 11.1 Å². The molecule has 0 aromatic heterocycles. The molecule has 130 valence electrons. The summed E-state index contributed by atoms with van der Waals surface area (Å²) >= 11 is 0. The lowest BCUT2D eigenvalue weighted by atomic mass is 10.1. The van der Waals surface area contributed by atoms with Crippen LogP contribution in [0, 0.1) is 6.92 Å². The van der Waals surface area contributed by atoms with Gasteiger partial charge in [0.25, 0.3) is 0 Å². The van der Waals surface area contributed by atoms with E-state index in [2.05, 4.69) is 62.5 Å². The van der Waals surface area contributed by atoms with Gasteiger partial charge in [-0.1, -0.05) is 42.8 Å². The lowest BCUT2D eigenvalue weighted by molar-refractivity contribution is 0.269. The smallest absolute Gasteiger partial charge is 0.161 e. The predicted molar refractivity (Wildman–Crippen MR) is 99.7 cm³/mol. The normalized spacial score (nSPS) is 12.0. The zero-order valence-corrected chi connectivity index (χ0v) is 15.3. The summed E-state index contributed by atoms with van der Waals surface area (Å²) in [5, 5.41) is 3.50. The summed E-state index contributed by atoms with van der Waals surface area (Å²) in [7, 11) is 0. The van der Waals surface area contributed by atoms with E-state index >= 15 is 0 Å². The minimum atomic E-state index is 0.512. The molecule has 0 radical (unpaired) electrons. The van der Waals surface area contributed by atoms with Crippen molar-refractivity contribution < 1.29 is 9.47 Å². The molecule has 0 amide bonds. The SMILES string of the molecule is CCOc1cc(CNC(C)CC)ccc1OCc1ccc(C)cc1. The Balaban J connectivity index is 2.03. The van der Waals surface area contributed by atoms with Gasteiger partial charge in [-0.25, -0.2) is 0 Å². The van der Waals surface area contributed by atoms with Crippen LogP contribution in [-0.2, 0) is 13.2 Å². The predicted octanol–water partition coefficient (Wildman–Crippen LogP) is 4.86. The van der Waals surface area contributed by atoms with Crippen LogP contribution >= 0.6 is 0 Å². The van der Waals surface area contributed by atoms with E-state index in [4.69, 9.17) is 9.47 Å². The highest BCUT2D eigenvalue weighted by Gasteiger charge is 2.08.